The van der Waals surface area contributed by atoms with E-state index in [1.165, 1.54) is 25.3 Å². The molecule has 0 aliphatic rings. The van der Waals surface area contributed by atoms with Gasteiger partial charge in [-0.05, 0) is 23.3 Å². The monoisotopic (exact) mass is 376 g/mol. The molecule has 0 heterocycles. The maximum absolute atomic E-state index is 12.7. The van der Waals surface area contributed by atoms with Gasteiger partial charge in [0.15, 0.2) is 0 Å². The lowest BCUT2D eigenvalue weighted by atomic mass is 9.91. The van der Waals surface area contributed by atoms with Crippen molar-refractivity contribution >= 4 is 11.6 Å². The minimum atomic E-state index is -0.569. The van der Waals surface area contributed by atoms with Crippen LogP contribution in [-0.2, 0) is 0 Å². The van der Waals surface area contributed by atoms with Crippen LogP contribution in [-0.4, -0.2) is 24.5 Å². The topological polar surface area (TPSA) is 81.5 Å². The molecule has 142 valence electrons. The van der Waals surface area contributed by atoms with E-state index < -0.39 is 10.8 Å². The van der Waals surface area contributed by atoms with Crippen molar-refractivity contribution in [1.29, 1.82) is 0 Å². The Morgan fingerprint density at radius 2 is 1.57 bits per heavy atom. The van der Waals surface area contributed by atoms with Crippen molar-refractivity contribution in [2.75, 3.05) is 13.7 Å². The van der Waals surface area contributed by atoms with Crippen molar-refractivity contribution in [3.05, 3.63) is 106 Å². The number of hydrogen-bond donors (Lipinski definition) is 1. The molecule has 0 fully saturated rings. The number of nitro benzene ring substituents is 1. The number of benzene rings is 3. The molecule has 0 spiro atoms. The van der Waals surface area contributed by atoms with Gasteiger partial charge in [0.2, 0.25) is 0 Å². The first kappa shape index (κ1) is 19.1. The zero-order valence-corrected chi connectivity index (χ0v) is 15.4. The first-order valence-electron chi connectivity index (χ1n) is 8.80. The molecule has 28 heavy (non-hydrogen) atoms. The van der Waals surface area contributed by atoms with E-state index in [1.807, 2.05) is 60.7 Å². The van der Waals surface area contributed by atoms with E-state index in [4.69, 9.17) is 4.74 Å². The van der Waals surface area contributed by atoms with Crippen LogP contribution in [0.5, 0.6) is 5.75 Å². The summed E-state index contributed by atoms with van der Waals surface area (Å²) in [5, 5.41) is 14.1. The van der Waals surface area contributed by atoms with E-state index in [1.54, 1.807) is 0 Å². The van der Waals surface area contributed by atoms with E-state index in [9.17, 15) is 14.9 Å². The second kappa shape index (κ2) is 8.81. The Morgan fingerprint density at radius 3 is 2.07 bits per heavy atom. The summed E-state index contributed by atoms with van der Waals surface area (Å²) in [5.74, 6) is -0.197. The number of ether oxygens (including phenoxy) is 1. The van der Waals surface area contributed by atoms with Crippen LogP contribution in [0, 0.1) is 10.1 Å². The average Bonchev–Trinajstić information content (AvgIpc) is 2.74. The van der Waals surface area contributed by atoms with Gasteiger partial charge in [-0.25, -0.2) is 0 Å². The van der Waals surface area contributed by atoms with Crippen LogP contribution in [0.4, 0.5) is 5.69 Å². The number of carbonyl (C=O) groups is 1. The Bertz CT molecular complexity index is 919. The van der Waals surface area contributed by atoms with Gasteiger partial charge in [-0.2, -0.15) is 0 Å². The minimum Gasteiger partial charge on any atom is -0.497 e. The molecule has 0 saturated carbocycles. The Balaban J connectivity index is 1.86. The molecule has 0 radical (unpaired) electrons. The summed E-state index contributed by atoms with van der Waals surface area (Å²) in [5.41, 5.74) is 1.82. The SMILES string of the molecule is COc1ccc([N+](=O)[O-])c(C(=O)NCC(c2ccccc2)c2ccccc2)c1. The molecule has 0 bridgehead atoms. The van der Waals surface area contributed by atoms with Gasteiger partial charge in [0.05, 0.1) is 12.0 Å². The van der Waals surface area contributed by atoms with Crippen LogP contribution in [0.15, 0.2) is 78.9 Å². The highest BCUT2D eigenvalue weighted by Gasteiger charge is 2.22. The average molecular weight is 376 g/mol. The maximum atomic E-state index is 12.7. The molecule has 0 aliphatic heterocycles. The molecule has 3 aromatic carbocycles. The molecular formula is C22H20N2O4. The van der Waals surface area contributed by atoms with E-state index in [-0.39, 0.29) is 17.2 Å². The van der Waals surface area contributed by atoms with Gasteiger partial charge in [-0.1, -0.05) is 60.7 Å². The lowest BCUT2D eigenvalue weighted by Crippen LogP contribution is -2.29. The molecule has 3 rings (SSSR count). The van der Waals surface area contributed by atoms with Gasteiger partial charge >= 0.3 is 0 Å². The molecule has 3 aromatic rings. The zero-order valence-electron chi connectivity index (χ0n) is 15.4. The van der Waals surface area contributed by atoms with Gasteiger partial charge in [-0.15, -0.1) is 0 Å². The largest absolute Gasteiger partial charge is 0.497 e. The first-order chi connectivity index (χ1) is 13.6. The standard InChI is InChI=1S/C22H20N2O4/c1-28-18-12-13-21(24(26)27)19(14-18)22(25)23-15-20(16-8-4-2-5-9-16)17-10-6-3-7-11-17/h2-14,20H,15H2,1H3,(H,23,25). The summed E-state index contributed by atoms with van der Waals surface area (Å²) in [7, 11) is 1.45. The number of hydrogen-bond acceptors (Lipinski definition) is 4. The van der Waals surface area contributed by atoms with Crippen LogP contribution < -0.4 is 10.1 Å². The van der Waals surface area contributed by atoms with Gasteiger partial charge in [0.25, 0.3) is 11.6 Å². The minimum absolute atomic E-state index is 0.0239. The summed E-state index contributed by atoms with van der Waals surface area (Å²) in [6.07, 6.45) is 0. The Hall–Kier alpha value is -3.67. The van der Waals surface area contributed by atoms with Crippen LogP contribution in [0.2, 0.25) is 0 Å². The summed E-state index contributed by atoms with van der Waals surface area (Å²) in [4.78, 5) is 23.5. The van der Waals surface area contributed by atoms with Crippen molar-refractivity contribution in [2.24, 2.45) is 0 Å². The molecule has 6 nitrogen and oxygen atoms in total. The molecule has 0 unspecified atom stereocenters. The van der Waals surface area contributed by atoms with Gasteiger partial charge in [0.1, 0.15) is 11.3 Å². The summed E-state index contributed by atoms with van der Waals surface area (Å²) >= 11 is 0. The maximum Gasteiger partial charge on any atom is 0.282 e. The molecule has 0 atom stereocenters. The molecule has 0 aromatic heterocycles. The van der Waals surface area contributed by atoms with Crippen LogP contribution >= 0.6 is 0 Å². The van der Waals surface area contributed by atoms with Gasteiger partial charge in [-0.3, -0.25) is 14.9 Å². The smallest absolute Gasteiger partial charge is 0.282 e. The van der Waals surface area contributed by atoms with Crippen molar-refractivity contribution in [2.45, 2.75) is 5.92 Å². The molecule has 1 amide bonds. The Labute approximate surface area is 162 Å². The quantitative estimate of drug-likeness (QED) is 0.496. The van der Waals surface area contributed by atoms with Crippen LogP contribution in [0.1, 0.15) is 27.4 Å². The van der Waals surface area contributed by atoms with Crippen molar-refractivity contribution in [3.8, 4) is 5.75 Å². The number of methoxy groups -OCH3 is 1. The number of carbonyl (C=O) groups excluding carboxylic acids is 1. The number of rotatable bonds is 7. The van der Waals surface area contributed by atoms with E-state index in [0.29, 0.717) is 12.3 Å². The van der Waals surface area contributed by atoms with E-state index in [0.717, 1.165) is 11.1 Å². The summed E-state index contributed by atoms with van der Waals surface area (Å²) in [6.45, 7) is 0.307. The fourth-order valence-corrected chi connectivity index (χ4v) is 3.07. The number of nitrogens with zero attached hydrogens (tertiary/aromatic N) is 1. The first-order valence-corrected chi connectivity index (χ1v) is 8.80. The highest BCUT2D eigenvalue weighted by Crippen LogP contribution is 2.26. The van der Waals surface area contributed by atoms with Crippen LogP contribution in [0.25, 0.3) is 0 Å². The summed E-state index contributed by atoms with van der Waals surface area (Å²) < 4.78 is 5.10. The highest BCUT2D eigenvalue weighted by atomic mass is 16.6. The predicted octanol–water partition coefficient (Wildman–Crippen LogP) is 4.17. The second-order valence-electron chi connectivity index (χ2n) is 6.22. The number of nitrogens with one attached hydrogen (secondary N) is 1. The number of nitro groups is 1. The van der Waals surface area contributed by atoms with Gasteiger partial charge < -0.3 is 10.1 Å². The molecular weight excluding hydrogens is 356 g/mol. The third kappa shape index (κ3) is 4.35. The van der Waals surface area contributed by atoms with Crippen molar-refractivity contribution in [3.63, 3.8) is 0 Å². The lowest BCUT2D eigenvalue weighted by molar-refractivity contribution is -0.385. The molecule has 1 N–H and O–H groups in total. The van der Waals surface area contributed by atoms with Gasteiger partial charge in [0, 0.05) is 18.5 Å². The van der Waals surface area contributed by atoms with Crippen LogP contribution in [0.3, 0.4) is 0 Å². The zero-order chi connectivity index (χ0) is 19.9. The van der Waals surface area contributed by atoms with E-state index >= 15 is 0 Å². The third-order valence-electron chi connectivity index (χ3n) is 4.52. The van der Waals surface area contributed by atoms with Crippen molar-refractivity contribution < 1.29 is 14.5 Å². The fraction of sp³-hybridized carbons (Fsp3) is 0.136. The normalized spacial score (nSPS) is 10.5. The molecule has 0 aliphatic carbocycles. The van der Waals surface area contributed by atoms with E-state index in [2.05, 4.69) is 5.32 Å². The second-order valence-corrected chi connectivity index (χ2v) is 6.22. The number of amides is 1. The van der Waals surface area contributed by atoms with Crippen molar-refractivity contribution in [1.82, 2.24) is 5.32 Å². The third-order valence-corrected chi connectivity index (χ3v) is 4.52. The summed E-state index contributed by atoms with van der Waals surface area (Å²) in [6, 6.07) is 23.8. The molecule has 6 heteroatoms. The Morgan fingerprint density at radius 1 is 1.00 bits per heavy atom. The Kier molecular flexibility index (Phi) is 6.01. The fourth-order valence-electron chi connectivity index (χ4n) is 3.07. The predicted molar refractivity (Wildman–Crippen MR) is 107 cm³/mol. The highest BCUT2D eigenvalue weighted by molar-refractivity contribution is 5.98. The lowest BCUT2D eigenvalue weighted by Gasteiger charge is -2.19. The molecule has 0 saturated heterocycles.